The second-order valence-corrected chi connectivity index (χ2v) is 8.68. The number of primary amides is 1. The minimum atomic E-state index is -0.384. The molecule has 1 aromatic heterocycles. The molecule has 33 heavy (non-hydrogen) atoms. The van der Waals surface area contributed by atoms with Gasteiger partial charge in [-0.3, -0.25) is 14.6 Å². The molecule has 3 heterocycles. The van der Waals surface area contributed by atoms with E-state index in [4.69, 9.17) is 22.1 Å². The molecule has 0 spiro atoms. The zero-order valence-electron chi connectivity index (χ0n) is 18.0. The number of aromatic amines is 1. The van der Waals surface area contributed by atoms with Gasteiger partial charge < -0.3 is 19.9 Å². The lowest BCUT2D eigenvalue weighted by atomic mass is 10.1. The van der Waals surface area contributed by atoms with Crippen LogP contribution in [0.25, 0.3) is 6.58 Å². The van der Waals surface area contributed by atoms with E-state index in [1.54, 1.807) is 16.7 Å². The van der Waals surface area contributed by atoms with E-state index >= 15 is 0 Å². The maximum absolute atomic E-state index is 12.2. The normalized spacial score (nSPS) is 14.8. The molecule has 2 aliphatic rings. The number of nitrogens with two attached hydrogens (primary N) is 1. The maximum atomic E-state index is 12.2. The number of carbonyl (C=O) groups is 1. The molecular formula is C24H24ClN5O3. The van der Waals surface area contributed by atoms with Crippen LogP contribution in [-0.2, 0) is 17.8 Å². The van der Waals surface area contributed by atoms with Crippen molar-refractivity contribution in [3.8, 4) is 5.75 Å². The van der Waals surface area contributed by atoms with E-state index in [0.717, 1.165) is 24.2 Å². The fraction of sp³-hybridized carbons (Fsp3) is 0.292. The summed E-state index contributed by atoms with van der Waals surface area (Å²) in [4.78, 5) is 33.5. The van der Waals surface area contributed by atoms with E-state index in [0.29, 0.717) is 53.4 Å². The quantitative estimate of drug-likeness (QED) is 0.404. The van der Waals surface area contributed by atoms with Gasteiger partial charge in [-0.05, 0) is 43.0 Å². The molecule has 0 bridgehead atoms. The van der Waals surface area contributed by atoms with Crippen LogP contribution >= 0.6 is 11.6 Å². The summed E-state index contributed by atoms with van der Waals surface area (Å²) in [6.07, 6.45) is 2.13. The summed E-state index contributed by atoms with van der Waals surface area (Å²) in [5.41, 5.74) is 9.59. The Hall–Kier alpha value is -3.52. The number of halogens is 1. The highest BCUT2D eigenvalue weighted by atomic mass is 35.5. The summed E-state index contributed by atoms with van der Waals surface area (Å²) >= 11 is 6.40. The second-order valence-electron chi connectivity index (χ2n) is 8.28. The number of ether oxygens (including phenoxy) is 1. The minimum Gasteiger partial charge on any atom is -0.491 e. The first-order chi connectivity index (χ1) is 15.9. The molecule has 0 saturated carbocycles. The molecule has 3 aromatic rings. The van der Waals surface area contributed by atoms with Gasteiger partial charge in [0, 0.05) is 22.8 Å². The Balaban J connectivity index is 1.30. The number of carbonyl (C=O) groups excluding carboxylic acids is 1. The molecule has 0 fully saturated rings. The number of aromatic nitrogens is 2. The van der Waals surface area contributed by atoms with Crippen LogP contribution in [0.3, 0.4) is 0 Å². The van der Waals surface area contributed by atoms with Crippen LogP contribution in [0, 0.1) is 0 Å². The molecular weight excluding hydrogens is 442 g/mol. The smallest absolute Gasteiger partial charge is 0.274 e. The first-order valence-corrected chi connectivity index (χ1v) is 11.3. The van der Waals surface area contributed by atoms with Gasteiger partial charge in [-0.1, -0.05) is 36.4 Å². The number of imidazole rings is 1. The van der Waals surface area contributed by atoms with Crippen LogP contribution in [0.15, 0.2) is 46.2 Å². The molecule has 170 valence electrons. The molecule has 9 heteroatoms. The van der Waals surface area contributed by atoms with Gasteiger partial charge in [0.2, 0.25) is 11.5 Å². The van der Waals surface area contributed by atoms with E-state index in [1.807, 2.05) is 18.2 Å². The molecule has 0 aliphatic carbocycles. The molecule has 0 saturated heterocycles. The Morgan fingerprint density at radius 2 is 2.12 bits per heavy atom. The topological polar surface area (TPSA) is 106 Å². The van der Waals surface area contributed by atoms with Crippen molar-refractivity contribution >= 4 is 35.5 Å². The molecule has 8 nitrogen and oxygen atoms in total. The number of hydrogen-bond donors (Lipinski definition) is 2. The standard InChI is InChI=1S/C24H24ClN5O3/c1-14-23(32)28-24-27-21-16(13-30(14)24)17(25)8-9-20(21)33-12-4-7-19(22(26)31)29-11-10-15-5-2-3-6-18(15)29/h2-3,5-6,8-9,19H,1,4,7,10-13H2,(H2,26,31)(H,27,28,32). The van der Waals surface area contributed by atoms with Gasteiger partial charge in [-0.15, -0.1) is 0 Å². The summed E-state index contributed by atoms with van der Waals surface area (Å²) in [6, 6.07) is 11.3. The van der Waals surface area contributed by atoms with E-state index in [9.17, 15) is 9.59 Å². The first kappa shape index (κ1) is 21.3. The average Bonchev–Trinajstić information content (AvgIpc) is 3.34. The lowest BCUT2D eigenvalue weighted by Gasteiger charge is -2.28. The highest BCUT2D eigenvalue weighted by Gasteiger charge is 2.29. The highest BCUT2D eigenvalue weighted by Crippen LogP contribution is 2.37. The molecule has 1 atom stereocenters. The summed E-state index contributed by atoms with van der Waals surface area (Å²) < 4.78 is 7.73. The van der Waals surface area contributed by atoms with Crippen molar-refractivity contribution in [1.82, 2.24) is 9.55 Å². The molecule has 2 aromatic carbocycles. The third kappa shape index (κ3) is 3.80. The van der Waals surface area contributed by atoms with Crippen molar-refractivity contribution in [2.45, 2.75) is 31.8 Å². The Morgan fingerprint density at radius 3 is 2.94 bits per heavy atom. The Labute approximate surface area is 195 Å². The van der Waals surface area contributed by atoms with Gasteiger partial charge in [0.05, 0.1) is 13.2 Å². The van der Waals surface area contributed by atoms with Crippen molar-refractivity contribution < 1.29 is 9.53 Å². The molecule has 0 radical (unpaired) electrons. The van der Waals surface area contributed by atoms with Gasteiger partial charge >= 0.3 is 0 Å². The number of para-hydroxylation sites is 1. The van der Waals surface area contributed by atoms with Gasteiger partial charge in [-0.25, -0.2) is 4.99 Å². The molecule has 3 N–H and O–H groups in total. The van der Waals surface area contributed by atoms with Crippen molar-refractivity contribution in [2.24, 2.45) is 10.7 Å². The fourth-order valence-electron chi connectivity index (χ4n) is 4.59. The summed E-state index contributed by atoms with van der Waals surface area (Å²) in [7, 11) is 0. The van der Waals surface area contributed by atoms with Gasteiger partial charge in [0.25, 0.3) is 5.56 Å². The number of amides is 1. The van der Waals surface area contributed by atoms with Crippen LogP contribution in [0.4, 0.5) is 11.4 Å². The lowest BCUT2D eigenvalue weighted by Crippen LogP contribution is -2.44. The van der Waals surface area contributed by atoms with E-state index < -0.39 is 0 Å². The molecule has 1 unspecified atom stereocenters. The maximum Gasteiger partial charge on any atom is 0.274 e. The van der Waals surface area contributed by atoms with Crippen LogP contribution in [-0.4, -0.2) is 34.7 Å². The number of nitrogens with one attached hydrogen (secondary N) is 1. The zero-order chi connectivity index (χ0) is 23.1. The first-order valence-electron chi connectivity index (χ1n) is 10.9. The zero-order valence-corrected chi connectivity index (χ0v) is 18.8. The monoisotopic (exact) mass is 465 g/mol. The van der Waals surface area contributed by atoms with Crippen molar-refractivity contribution in [2.75, 3.05) is 18.1 Å². The highest BCUT2D eigenvalue weighted by molar-refractivity contribution is 6.31. The van der Waals surface area contributed by atoms with Crippen molar-refractivity contribution in [1.29, 1.82) is 0 Å². The minimum absolute atomic E-state index is 0.277. The Bertz CT molecular complexity index is 1410. The van der Waals surface area contributed by atoms with Crippen LogP contribution in [0.2, 0.25) is 5.02 Å². The van der Waals surface area contributed by atoms with Crippen LogP contribution in [0.5, 0.6) is 5.75 Å². The summed E-state index contributed by atoms with van der Waals surface area (Å²) in [6.45, 7) is 5.36. The third-order valence-corrected chi connectivity index (χ3v) is 6.65. The summed E-state index contributed by atoms with van der Waals surface area (Å²) in [5, 5.41) is 0.886. The van der Waals surface area contributed by atoms with Gasteiger partial charge in [0.15, 0.2) is 0 Å². The van der Waals surface area contributed by atoms with Crippen LogP contribution in [0.1, 0.15) is 24.0 Å². The number of benzene rings is 2. The van der Waals surface area contributed by atoms with Gasteiger partial charge in [-0.2, -0.15) is 0 Å². The molecule has 2 aliphatic heterocycles. The van der Waals surface area contributed by atoms with E-state index in [1.165, 1.54) is 5.56 Å². The Kier molecular flexibility index (Phi) is 5.46. The number of anilines is 1. The van der Waals surface area contributed by atoms with E-state index in [-0.39, 0.29) is 17.5 Å². The van der Waals surface area contributed by atoms with Crippen molar-refractivity contribution in [3.63, 3.8) is 0 Å². The number of H-pyrrole nitrogens is 1. The number of fused-ring (bicyclic) bond motifs is 3. The number of nitrogens with zero attached hydrogens (tertiary/aromatic N) is 3. The van der Waals surface area contributed by atoms with Crippen molar-refractivity contribution in [3.05, 3.63) is 73.9 Å². The number of hydrogen-bond acceptors (Lipinski definition) is 5. The Morgan fingerprint density at radius 1 is 1.30 bits per heavy atom. The third-order valence-electron chi connectivity index (χ3n) is 6.30. The average molecular weight is 466 g/mol. The fourth-order valence-corrected chi connectivity index (χ4v) is 4.80. The van der Waals surface area contributed by atoms with Crippen LogP contribution < -0.4 is 31.9 Å². The SMILES string of the molecule is C=c1c(=O)[nH]c2n1Cc1c(Cl)ccc(OCCCC(C(N)=O)N3CCc4ccccc43)c1N=2. The second kappa shape index (κ2) is 8.44. The number of rotatable bonds is 7. The predicted molar refractivity (Wildman–Crippen MR) is 127 cm³/mol. The molecule has 1 amide bonds. The molecule has 5 rings (SSSR count). The largest absolute Gasteiger partial charge is 0.491 e. The predicted octanol–water partition coefficient (Wildman–Crippen LogP) is 1.63. The van der Waals surface area contributed by atoms with Gasteiger partial charge in [0.1, 0.15) is 22.8 Å². The lowest BCUT2D eigenvalue weighted by molar-refractivity contribution is -0.119. The van der Waals surface area contributed by atoms with E-state index in [2.05, 4.69) is 27.5 Å². The summed E-state index contributed by atoms with van der Waals surface area (Å²) in [5.74, 6) is 0.245.